The van der Waals surface area contributed by atoms with E-state index < -0.39 is 94.8 Å². The minimum Gasteiger partial charge on any atom is -0.443 e. The molecule has 8 aromatic heterocycles. The van der Waals surface area contributed by atoms with Gasteiger partial charge in [-0.3, -0.25) is 24.3 Å². The molecule has 3 aliphatic heterocycles. The van der Waals surface area contributed by atoms with Gasteiger partial charge in [0, 0.05) is 148 Å². The summed E-state index contributed by atoms with van der Waals surface area (Å²) in [4.78, 5) is 103. The Morgan fingerprint density at radius 1 is 0.417 bits per heavy atom. The first-order chi connectivity index (χ1) is 61.7. The van der Waals surface area contributed by atoms with Gasteiger partial charge in [0.25, 0.3) is 23.8 Å². The predicted molar refractivity (Wildman–Crippen MR) is 476 cm³/mol. The summed E-state index contributed by atoms with van der Waals surface area (Å²) in [5, 5.41) is 31.9. The highest BCUT2D eigenvalue weighted by molar-refractivity contribution is 6.30. The minimum absolute atomic E-state index is 0.0219. The number of aromatic nitrogens is 16. The van der Waals surface area contributed by atoms with Crippen molar-refractivity contribution in [1.82, 2.24) is 79.0 Å². The highest BCUT2D eigenvalue weighted by Gasteiger charge is 2.46. The topological polar surface area (TPSA) is 357 Å². The van der Waals surface area contributed by atoms with Gasteiger partial charge >= 0.3 is 18.3 Å². The Kier molecular flexibility index (Phi) is 33.1. The SMILES string of the molecule is Cc1cc(C)n(-c2nc(C3COCCC3=O)cc(N(C(=O)OC(C)(C)C)C3CCC(F)(F)CC3)n2)n1.Cc1cc(C)n(-c2nc(Cl)cc(N(C(=O)OC(C)(C)C)C3CCC(F)(F)CC3)n2)n1.Cc1cc(C)n(-c2nc(Cl)cc(NC3CCC(F)(F)CC3)n2)n1.Cc1cc(C)n(-c2nc([C@@H]3COCC[C@H]3O)cc(N(C(=O)OC(C)(C)C)C3CCC(F)(F)CC3)n2)n1.O=C1CCOCC1. The molecular formula is C90H120Cl2F8N20O12. The Labute approximate surface area is 772 Å². The number of Topliss-reactive ketones (excluding diaryl/α,β-unsaturated/α-hetero) is 2. The molecule has 3 atom stereocenters. The number of aryl methyl sites for hydroxylation is 8. The summed E-state index contributed by atoms with van der Waals surface area (Å²) in [7, 11) is 0. The lowest BCUT2D eigenvalue weighted by Crippen LogP contribution is -2.47. The van der Waals surface area contributed by atoms with Crippen molar-refractivity contribution in [3.63, 3.8) is 0 Å². The number of rotatable bonds is 14. The van der Waals surface area contributed by atoms with Crippen LogP contribution in [0.15, 0.2) is 48.5 Å². The normalized spacial score (nSPS) is 20.2. The monoisotopic (exact) mass is 1890 g/mol. The van der Waals surface area contributed by atoms with E-state index in [1.54, 1.807) is 94.6 Å². The van der Waals surface area contributed by atoms with E-state index in [1.807, 2.05) is 79.7 Å². The molecule has 2 N–H and O–H groups in total. The molecule has 32 nitrogen and oxygen atoms in total. The molecule has 0 bridgehead atoms. The Morgan fingerprint density at radius 3 is 1.08 bits per heavy atom. The van der Waals surface area contributed by atoms with Crippen LogP contribution in [0.1, 0.15) is 260 Å². The molecule has 15 rings (SSSR count). The van der Waals surface area contributed by atoms with Crippen molar-refractivity contribution >= 4 is 76.3 Å². The standard InChI is InChI=1S/C25H35F2N5O4.C25H33F2N5O4.C20H26ClF2N5O2.C15H18ClF2N5.C5H8O2/c2*1-15-12-16(2)32(30-15)22-28-19(18-14-35-11-8-20(18)33)13-21(29-22)31(23(34)36-24(3,4)5)17-6-9-25(26,27)10-7-17;1-12-10-13(2)28(26-12)17-24-15(21)11-16(25-17)27(18(29)30-19(3,4)5)14-6-8-20(22,23)9-7-14;1-9-7-10(2)23(22-9)14-20-12(16)8-13(21-14)19-11-3-5-15(17,18)6-4-11;6-5-1-3-7-4-2-5/h12-13,17-18,20,33H,6-11,14H2,1-5H3;12-13,17-18H,6-11,14H2,1-5H3;10-11,14H,6-9H2,1-5H3;7-8,11H,3-6H2,1-2H3,(H,19,20,21);1-4H2/t18-,20+;;;;/m0..../s1. The van der Waals surface area contributed by atoms with Crippen molar-refractivity contribution in [2.45, 2.75) is 329 Å². The maximum Gasteiger partial charge on any atom is 0.416 e. The van der Waals surface area contributed by atoms with Crippen LogP contribution >= 0.6 is 23.2 Å². The molecule has 132 heavy (non-hydrogen) atoms. The molecule has 722 valence electrons. The van der Waals surface area contributed by atoms with Crippen molar-refractivity contribution in [1.29, 1.82) is 0 Å². The third-order valence-corrected chi connectivity index (χ3v) is 23.0. The summed E-state index contributed by atoms with van der Waals surface area (Å²) in [6.07, 6.45) is -1.42. The number of anilines is 4. The van der Waals surface area contributed by atoms with E-state index in [-0.39, 0.29) is 167 Å². The zero-order valence-corrected chi connectivity index (χ0v) is 79.3. The molecule has 7 aliphatic rings. The number of hydrogen-bond acceptors (Lipinski definition) is 25. The molecule has 4 aliphatic carbocycles. The molecule has 3 saturated heterocycles. The number of hydrogen-bond donors (Lipinski definition) is 2. The van der Waals surface area contributed by atoms with Crippen molar-refractivity contribution in [3.05, 3.63) is 116 Å². The number of aliphatic hydroxyl groups is 1. The molecule has 7 fully saturated rings. The van der Waals surface area contributed by atoms with Gasteiger partial charge < -0.3 is 38.8 Å². The lowest BCUT2D eigenvalue weighted by atomic mass is 9.91. The van der Waals surface area contributed by atoms with Crippen LogP contribution < -0.4 is 20.0 Å². The average molecular weight is 1900 g/mol. The number of ether oxygens (including phenoxy) is 6. The molecule has 0 radical (unpaired) electrons. The van der Waals surface area contributed by atoms with Crippen molar-refractivity contribution in [2.24, 2.45) is 0 Å². The second-order valence-corrected chi connectivity index (χ2v) is 38.4. The zero-order valence-electron chi connectivity index (χ0n) is 77.8. The van der Waals surface area contributed by atoms with Crippen molar-refractivity contribution in [2.75, 3.05) is 59.7 Å². The van der Waals surface area contributed by atoms with E-state index in [1.165, 1.54) is 25.4 Å². The van der Waals surface area contributed by atoms with E-state index in [2.05, 4.69) is 65.6 Å². The Balaban J connectivity index is 0.000000167. The minimum atomic E-state index is -2.77. The summed E-state index contributed by atoms with van der Waals surface area (Å²) >= 11 is 12.3. The summed E-state index contributed by atoms with van der Waals surface area (Å²) in [5.74, 6) is -9.45. The molecular weight excluding hydrogens is 1780 g/mol. The highest BCUT2D eigenvalue weighted by Crippen LogP contribution is 2.43. The van der Waals surface area contributed by atoms with Crippen LogP contribution in [-0.2, 0) is 38.0 Å². The van der Waals surface area contributed by atoms with Crippen LogP contribution in [0.3, 0.4) is 0 Å². The molecule has 3 amide bonds. The van der Waals surface area contributed by atoms with Gasteiger partial charge in [0.2, 0.25) is 23.7 Å². The first kappa shape index (κ1) is 102. The van der Waals surface area contributed by atoms with Gasteiger partial charge in [0.15, 0.2) is 0 Å². The molecule has 0 spiro atoms. The largest absolute Gasteiger partial charge is 0.443 e. The van der Waals surface area contributed by atoms with E-state index in [0.29, 0.717) is 87.5 Å². The lowest BCUT2D eigenvalue weighted by Gasteiger charge is -2.37. The summed E-state index contributed by atoms with van der Waals surface area (Å²) in [5.41, 5.74) is 4.91. The first-order valence-electron chi connectivity index (χ1n) is 44.5. The third kappa shape index (κ3) is 28.8. The van der Waals surface area contributed by atoms with Gasteiger partial charge in [0.05, 0.1) is 85.1 Å². The van der Waals surface area contributed by atoms with Gasteiger partial charge in [-0.2, -0.15) is 50.3 Å². The van der Waals surface area contributed by atoms with E-state index in [4.69, 9.17) is 51.6 Å². The molecule has 0 aromatic carbocycles. The number of carbonyl (C=O) groups excluding carboxylic acids is 5. The number of ketones is 2. The first-order valence-corrected chi connectivity index (χ1v) is 45.3. The number of carbonyl (C=O) groups is 5. The van der Waals surface area contributed by atoms with Crippen LogP contribution in [-0.4, -0.2) is 224 Å². The van der Waals surface area contributed by atoms with Gasteiger partial charge in [-0.25, -0.2) is 78.2 Å². The summed E-state index contributed by atoms with van der Waals surface area (Å²) in [6, 6.07) is 12.2. The number of alkyl halides is 8. The van der Waals surface area contributed by atoms with Gasteiger partial charge in [-0.05, 0) is 200 Å². The maximum atomic E-state index is 14.0. The summed E-state index contributed by atoms with van der Waals surface area (Å²) in [6.45, 7) is 33.0. The molecule has 4 saturated carbocycles. The fraction of sp³-hybridized carbons (Fsp3) is 0.633. The predicted octanol–water partition coefficient (Wildman–Crippen LogP) is 18.7. The Hall–Kier alpha value is -10.0. The van der Waals surface area contributed by atoms with Crippen LogP contribution in [0.2, 0.25) is 10.3 Å². The molecule has 1 unspecified atom stereocenters. The number of halogens is 10. The number of aliphatic hydroxyl groups excluding tert-OH is 1. The number of amides is 3. The second-order valence-electron chi connectivity index (χ2n) is 37.6. The van der Waals surface area contributed by atoms with Gasteiger partial charge in [-0.15, -0.1) is 0 Å². The Bertz CT molecular complexity index is 5320. The van der Waals surface area contributed by atoms with Crippen molar-refractivity contribution < 1.29 is 92.6 Å². The second kappa shape index (κ2) is 42.7. The molecule has 8 aromatic rings. The van der Waals surface area contributed by atoms with Crippen LogP contribution in [0.4, 0.5) is 72.8 Å². The fourth-order valence-corrected chi connectivity index (χ4v) is 16.5. The Morgan fingerprint density at radius 2 is 0.742 bits per heavy atom. The number of nitrogens with one attached hydrogen (secondary N) is 1. The van der Waals surface area contributed by atoms with E-state index in [9.17, 15) is 64.2 Å². The third-order valence-electron chi connectivity index (χ3n) is 22.6. The average Bonchev–Trinajstić information content (AvgIpc) is 1.30. The quantitative estimate of drug-likeness (QED) is 0.0580. The lowest BCUT2D eigenvalue weighted by molar-refractivity contribution is -0.127. The van der Waals surface area contributed by atoms with Crippen molar-refractivity contribution in [3.8, 4) is 23.8 Å². The molecule has 11 heterocycles. The maximum absolute atomic E-state index is 14.0. The smallest absolute Gasteiger partial charge is 0.416 e. The summed E-state index contributed by atoms with van der Waals surface area (Å²) < 4.78 is 149. The van der Waals surface area contributed by atoms with Crippen LogP contribution in [0.25, 0.3) is 23.8 Å². The van der Waals surface area contributed by atoms with E-state index >= 15 is 0 Å². The molecule has 42 heteroatoms. The highest BCUT2D eigenvalue weighted by atomic mass is 35.5. The zero-order chi connectivity index (χ0) is 96.5. The van der Waals surface area contributed by atoms with Crippen LogP contribution in [0, 0.1) is 55.4 Å². The van der Waals surface area contributed by atoms with Crippen LogP contribution in [0.5, 0.6) is 0 Å². The fourth-order valence-electron chi connectivity index (χ4n) is 16.2. The number of nitrogens with zero attached hydrogens (tertiary/aromatic N) is 19. The van der Waals surface area contributed by atoms with E-state index in [0.717, 1.165) is 45.6 Å². The van der Waals surface area contributed by atoms with Gasteiger partial charge in [-0.1, -0.05) is 23.2 Å². The van der Waals surface area contributed by atoms with Gasteiger partial charge in [0.1, 0.15) is 61.9 Å².